The summed E-state index contributed by atoms with van der Waals surface area (Å²) in [6.07, 6.45) is 1.74. The summed E-state index contributed by atoms with van der Waals surface area (Å²) in [6.45, 7) is 0. The Bertz CT molecular complexity index is 645. The van der Waals surface area contributed by atoms with Crippen LogP contribution >= 0.6 is 12.4 Å². The molecule has 0 aliphatic rings. The van der Waals surface area contributed by atoms with Crippen LogP contribution in [0.1, 0.15) is 0 Å². The molecule has 1 heterocycles. The molecule has 96 valence electrons. The summed E-state index contributed by atoms with van der Waals surface area (Å²) in [5, 5.41) is 0. The van der Waals surface area contributed by atoms with Crippen molar-refractivity contribution in [2.75, 3.05) is 5.73 Å². The Morgan fingerprint density at radius 2 is 1.37 bits per heavy atom. The first-order chi connectivity index (χ1) is 8.83. The number of hydrogen-bond donors (Lipinski definition) is 2. The molecule has 2 aromatic carbocycles. The molecule has 0 bridgehead atoms. The lowest BCUT2D eigenvalue weighted by Gasteiger charge is -2.03. The van der Waals surface area contributed by atoms with E-state index in [4.69, 9.17) is 5.73 Å². The Balaban J connectivity index is 0.00000133. The van der Waals surface area contributed by atoms with Crippen LogP contribution in [0.5, 0.6) is 0 Å². The second kappa shape index (κ2) is 5.59. The van der Waals surface area contributed by atoms with E-state index in [9.17, 15) is 0 Å². The van der Waals surface area contributed by atoms with Gasteiger partial charge in [-0.25, -0.2) is 4.98 Å². The molecule has 3 rings (SSSR count). The van der Waals surface area contributed by atoms with Gasteiger partial charge in [0, 0.05) is 0 Å². The van der Waals surface area contributed by atoms with E-state index in [-0.39, 0.29) is 12.4 Å². The number of nitrogen functional groups attached to an aromatic ring is 1. The van der Waals surface area contributed by atoms with Crippen molar-refractivity contribution in [3.05, 3.63) is 60.8 Å². The van der Waals surface area contributed by atoms with Gasteiger partial charge >= 0.3 is 0 Å². The zero-order valence-electron chi connectivity index (χ0n) is 10.2. The first kappa shape index (κ1) is 13.2. The van der Waals surface area contributed by atoms with Gasteiger partial charge in [0.05, 0.1) is 11.9 Å². The fraction of sp³-hybridized carbons (Fsp3) is 0. The maximum absolute atomic E-state index is 5.57. The van der Waals surface area contributed by atoms with Crippen molar-refractivity contribution in [2.45, 2.75) is 0 Å². The number of imidazole rings is 1. The molecule has 0 aliphatic heterocycles. The molecule has 0 saturated heterocycles. The van der Waals surface area contributed by atoms with Crippen LogP contribution in [0, 0.1) is 0 Å². The Morgan fingerprint density at radius 1 is 0.789 bits per heavy atom. The van der Waals surface area contributed by atoms with Crippen molar-refractivity contribution in [3.8, 4) is 22.4 Å². The standard InChI is InChI=1S/C15H13N3.ClH/c16-15-17-10-14(18-15)13-8-6-12(7-9-13)11-4-2-1-3-5-11;/h1-10H,(H3,16,17,18);1H. The van der Waals surface area contributed by atoms with Crippen molar-refractivity contribution in [1.29, 1.82) is 0 Å². The number of nitrogens with two attached hydrogens (primary N) is 1. The monoisotopic (exact) mass is 271 g/mol. The molecule has 3 N–H and O–H groups in total. The van der Waals surface area contributed by atoms with E-state index >= 15 is 0 Å². The van der Waals surface area contributed by atoms with Crippen molar-refractivity contribution in [1.82, 2.24) is 9.97 Å². The van der Waals surface area contributed by atoms with E-state index in [0.29, 0.717) is 5.95 Å². The lowest BCUT2D eigenvalue weighted by Crippen LogP contribution is -1.85. The number of aromatic nitrogens is 2. The van der Waals surface area contributed by atoms with Gasteiger partial charge in [0.15, 0.2) is 5.95 Å². The number of aromatic amines is 1. The smallest absolute Gasteiger partial charge is 0.197 e. The molecule has 1 aromatic heterocycles. The Labute approximate surface area is 117 Å². The molecular formula is C15H14ClN3. The maximum atomic E-state index is 5.57. The van der Waals surface area contributed by atoms with E-state index < -0.39 is 0 Å². The number of H-pyrrole nitrogens is 1. The van der Waals surface area contributed by atoms with E-state index in [2.05, 4.69) is 46.4 Å². The van der Waals surface area contributed by atoms with Crippen LogP contribution < -0.4 is 5.73 Å². The zero-order chi connectivity index (χ0) is 12.4. The molecule has 0 saturated carbocycles. The van der Waals surface area contributed by atoms with Gasteiger partial charge in [-0.15, -0.1) is 12.4 Å². The average molecular weight is 272 g/mol. The minimum absolute atomic E-state index is 0. The first-order valence-corrected chi connectivity index (χ1v) is 5.79. The number of rotatable bonds is 2. The fourth-order valence-electron chi connectivity index (χ4n) is 1.96. The van der Waals surface area contributed by atoms with Crippen molar-refractivity contribution in [3.63, 3.8) is 0 Å². The highest BCUT2D eigenvalue weighted by molar-refractivity contribution is 5.85. The van der Waals surface area contributed by atoms with E-state index in [1.54, 1.807) is 6.20 Å². The summed E-state index contributed by atoms with van der Waals surface area (Å²) in [5.74, 6) is 0.442. The molecule has 0 amide bonds. The van der Waals surface area contributed by atoms with Crippen LogP contribution in [0.4, 0.5) is 5.95 Å². The van der Waals surface area contributed by atoms with Gasteiger partial charge in [0.1, 0.15) is 0 Å². The van der Waals surface area contributed by atoms with Crippen LogP contribution in [0.2, 0.25) is 0 Å². The molecule has 3 aromatic rings. The summed E-state index contributed by atoms with van der Waals surface area (Å²) >= 11 is 0. The maximum Gasteiger partial charge on any atom is 0.197 e. The first-order valence-electron chi connectivity index (χ1n) is 5.79. The minimum Gasteiger partial charge on any atom is -0.369 e. The van der Waals surface area contributed by atoms with Crippen LogP contribution in [-0.4, -0.2) is 9.97 Å². The lowest BCUT2D eigenvalue weighted by atomic mass is 10.0. The predicted octanol–water partition coefficient (Wildman–Crippen LogP) is 3.75. The summed E-state index contributed by atoms with van der Waals surface area (Å²) in [5.41, 5.74) is 10.0. The number of nitrogens with zero attached hydrogens (tertiary/aromatic N) is 1. The van der Waals surface area contributed by atoms with Crippen molar-refractivity contribution >= 4 is 18.4 Å². The van der Waals surface area contributed by atoms with Crippen LogP contribution in [0.15, 0.2) is 60.8 Å². The average Bonchev–Trinajstić information content (AvgIpc) is 2.87. The van der Waals surface area contributed by atoms with Crippen LogP contribution in [0.3, 0.4) is 0 Å². The Morgan fingerprint density at radius 3 is 1.95 bits per heavy atom. The van der Waals surface area contributed by atoms with Crippen molar-refractivity contribution in [2.24, 2.45) is 0 Å². The molecule has 0 radical (unpaired) electrons. The Hall–Kier alpha value is -2.26. The molecule has 4 heteroatoms. The largest absolute Gasteiger partial charge is 0.369 e. The molecule has 0 spiro atoms. The zero-order valence-corrected chi connectivity index (χ0v) is 11.0. The van der Waals surface area contributed by atoms with E-state index in [1.807, 2.05) is 18.2 Å². The van der Waals surface area contributed by atoms with Gasteiger partial charge in [0.2, 0.25) is 0 Å². The van der Waals surface area contributed by atoms with Gasteiger partial charge in [-0.2, -0.15) is 0 Å². The number of anilines is 1. The third-order valence-corrected chi connectivity index (χ3v) is 2.90. The predicted molar refractivity (Wildman–Crippen MR) is 81.1 cm³/mol. The third-order valence-electron chi connectivity index (χ3n) is 2.90. The number of halogens is 1. The van der Waals surface area contributed by atoms with Gasteiger partial charge < -0.3 is 10.7 Å². The lowest BCUT2D eigenvalue weighted by molar-refractivity contribution is 1.33. The van der Waals surface area contributed by atoms with Crippen molar-refractivity contribution < 1.29 is 0 Å². The molecule has 0 fully saturated rings. The van der Waals surface area contributed by atoms with Crippen LogP contribution in [0.25, 0.3) is 22.4 Å². The molecular weight excluding hydrogens is 258 g/mol. The van der Waals surface area contributed by atoms with Gasteiger partial charge in [-0.3, -0.25) is 0 Å². The van der Waals surface area contributed by atoms with Gasteiger partial charge in [0.25, 0.3) is 0 Å². The molecule has 3 nitrogen and oxygen atoms in total. The summed E-state index contributed by atoms with van der Waals surface area (Å²) in [7, 11) is 0. The number of benzene rings is 2. The topological polar surface area (TPSA) is 54.7 Å². The van der Waals surface area contributed by atoms with Crippen LogP contribution in [-0.2, 0) is 0 Å². The fourth-order valence-corrected chi connectivity index (χ4v) is 1.96. The highest BCUT2D eigenvalue weighted by Crippen LogP contribution is 2.23. The third kappa shape index (κ3) is 2.77. The summed E-state index contributed by atoms with van der Waals surface area (Å²) in [4.78, 5) is 7.01. The highest BCUT2D eigenvalue weighted by Gasteiger charge is 2.02. The minimum atomic E-state index is 0. The summed E-state index contributed by atoms with van der Waals surface area (Å²) < 4.78 is 0. The number of nitrogens with one attached hydrogen (secondary N) is 1. The highest BCUT2D eigenvalue weighted by atomic mass is 35.5. The molecule has 19 heavy (non-hydrogen) atoms. The summed E-state index contributed by atoms with van der Waals surface area (Å²) in [6, 6.07) is 18.6. The second-order valence-corrected chi connectivity index (χ2v) is 4.13. The van der Waals surface area contributed by atoms with Gasteiger partial charge in [-0.05, 0) is 16.7 Å². The SMILES string of the molecule is Cl.Nc1ncc(-c2ccc(-c3ccccc3)cc2)[nH]1. The van der Waals surface area contributed by atoms with Gasteiger partial charge in [-0.1, -0.05) is 54.6 Å². The molecule has 0 aliphatic carbocycles. The van der Waals surface area contributed by atoms with E-state index in [1.165, 1.54) is 11.1 Å². The number of hydrogen-bond acceptors (Lipinski definition) is 2. The molecule has 0 unspecified atom stereocenters. The normalized spacial score (nSPS) is 9.89. The second-order valence-electron chi connectivity index (χ2n) is 4.13. The Kier molecular flexibility index (Phi) is 3.88. The quantitative estimate of drug-likeness (QED) is 0.746. The van der Waals surface area contributed by atoms with E-state index in [0.717, 1.165) is 11.3 Å². The molecule has 0 atom stereocenters.